The molecule has 0 aliphatic heterocycles. The van der Waals surface area contributed by atoms with Gasteiger partial charge in [-0.15, -0.1) is 0 Å². The Labute approximate surface area is 230 Å². The van der Waals surface area contributed by atoms with Gasteiger partial charge in [-0.05, 0) is 82.1 Å². The van der Waals surface area contributed by atoms with Gasteiger partial charge in [0.15, 0.2) is 0 Å². The first-order valence-electron chi connectivity index (χ1n) is 12.4. The summed E-state index contributed by atoms with van der Waals surface area (Å²) in [5.74, 6) is -0.817. The normalized spacial score (nSPS) is 12.2. The minimum atomic E-state index is -4.13. The zero-order valence-corrected chi connectivity index (χ0v) is 23.9. The Morgan fingerprint density at radius 2 is 1.50 bits per heavy atom. The third kappa shape index (κ3) is 7.14. The van der Waals surface area contributed by atoms with E-state index in [-0.39, 0.29) is 23.4 Å². The number of benzene rings is 3. The number of nitrogens with zero attached hydrogens (tertiary/aromatic N) is 2. The summed E-state index contributed by atoms with van der Waals surface area (Å²) in [6.07, 6.45) is 0. The summed E-state index contributed by atoms with van der Waals surface area (Å²) in [6, 6.07) is 19.3. The molecule has 0 unspecified atom stereocenters. The molecule has 2 amide bonds. The van der Waals surface area contributed by atoms with Gasteiger partial charge >= 0.3 is 0 Å². The number of nitrogens with one attached hydrogen (secondary N) is 1. The number of rotatable bonds is 10. The molecule has 1 atom stereocenters. The van der Waals surface area contributed by atoms with Crippen LogP contribution in [0.5, 0.6) is 0 Å². The molecule has 3 rings (SSSR count). The maximum atomic E-state index is 13.9. The van der Waals surface area contributed by atoms with E-state index < -0.39 is 28.5 Å². The van der Waals surface area contributed by atoms with Gasteiger partial charge in [-0.25, -0.2) is 8.42 Å². The van der Waals surface area contributed by atoms with Crippen molar-refractivity contribution < 1.29 is 18.0 Å². The van der Waals surface area contributed by atoms with Gasteiger partial charge in [0.2, 0.25) is 11.8 Å². The van der Waals surface area contributed by atoms with E-state index >= 15 is 0 Å². The Bertz CT molecular complexity index is 1370. The molecule has 7 nitrogen and oxygen atoms in total. The van der Waals surface area contributed by atoms with Gasteiger partial charge in [0, 0.05) is 17.6 Å². The predicted molar refractivity (Wildman–Crippen MR) is 152 cm³/mol. The number of hydrogen-bond donors (Lipinski definition) is 1. The Morgan fingerprint density at radius 3 is 2.08 bits per heavy atom. The smallest absolute Gasteiger partial charge is 0.264 e. The zero-order valence-electron chi connectivity index (χ0n) is 22.3. The van der Waals surface area contributed by atoms with E-state index in [0.717, 1.165) is 21.0 Å². The third-order valence-corrected chi connectivity index (χ3v) is 8.24. The Hall–Kier alpha value is -3.36. The second kappa shape index (κ2) is 12.5. The quantitative estimate of drug-likeness (QED) is 0.377. The maximum absolute atomic E-state index is 13.9. The molecule has 0 heterocycles. The first-order chi connectivity index (χ1) is 17.9. The molecule has 3 aromatic carbocycles. The van der Waals surface area contributed by atoms with Gasteiger partial charge in [0.25, 0.3) is 10.0 Å². The Kier molecular flexibility index (Phi) is 9.57. The second-order valence-corrected chi connectivity index (χ2v) is 11.9. The van der Waals surface area contributed by atoms with Crippen LogP contribution in [0.2, 0.25) is 5.02 Å². The van der Waals surface area contributed by atoms with Crippen LogP contribution >= 0.6 is 11.6 Å². The van der Waals surface area contributed by atoms with E-state index in [1.54, 1.807) is 31.2 Å². The van der Waals surface area contributed by atoms with E-state index in [1.807, 2.05) is 52.0 Å². The van der Waals surface area contributed by atoms with E-state index in [2.05, 4.69) is 5.32 Å². The highest BCUT2D eigenvalue weighted by Gasteiger charge is 2.32. The lowest BCUT2D eigenvalue weighted by molar-refractivity contribution is -0.139. The predicted octanol–water partition coefficient (Wildman–Crippen LogP) is 5.09. The first kappa shape index (κ1) is 29.2. The fourth-order valence-corrected chi connectivity index (χ4v) is 5.47. The summed E-state index contributed by atoms with van der Waals surface area (Å²) in [7, 11) is -4.13. The van der Waals surface area contributed by atoms with Crippen molar-refractivity contribution in [2.45, 2.75) is 58.1 Å². The molecule has 3 aromatic rings. The van der Waals surface area contributed by atoms with Crippen LogP contribution in [0.4, 0.5) is 5.69 Å². The van der Waals surface area contributed by atoms with E-state index in [9.17, 15) is 18.0 Å². The molecule has 1 N–H and O–H groups in total. The molecule has 9 heteroatoms. The van der Waals surface area contributed by atoms with Crippen molar-refractivity contribution in [1.29, 1.82) is 0 Å². The average Bonchev–Trinajstić information content (AvgIpc) is 2.86. The first-order valence-corrected chi connectivity index (χ1v) is 14.2. The maximum Gasteiger partial charge on any atom is 0.264 e. The van der Waals surface area contributed by atoms with Gasteiger partial charge < -0.3 is 10.2 Å². The number of halogens is 1. The molecule has 0 fully saturated rings. The van der Waals surface area contributed by atoms with Crippen LogP contribution in [0, 0.1) is 13.8 Å². The summed E-state index contributed by atoms with van der Waals surface area (Å²) in [4.78, 5) is 28.3. The number of carbonyl (C=O) groups is 2. The fourth-order valence-electron chi connectivity index (χ4n) is 3.93. The zero-order chi connectivity index (χ0) is 28.0. The SMILES string of the molecule is Cc1ccc(N(CC(=O)N(Cc2ccccc2C)[C@@H](C)C(=O)NC(C)C)S(=O)(=O)c2ccc(Cl)cc2)cc1. The van der Waals surface area contributed by atoms with Crippen LogP contribution in [0.25, 0.3) is 0 Å². The van der Waals surface area contributed by atoms with Crippen molar-refractivity contribution in [2.24, 2.45) is 0 Å². The van der Waals surface area contributed by atoms with Gasteiger partial charge in [0.1, 0.15) is 12.6 Å². The molecule has 0 aliphatic rings. The molecule has 38 heavy (non-hydrogen) atoms. The fraction of sp³-hybridized carbons (Fsp3) is 0.310. The van der Waals surface area contributed by atoms with Crippen molar-refractivity contribution in [3.8, 4) is 0 Å². The minimum absolute atomic E-state index is 0.00586. The molecule has 0 radical (unpaired) electrons. The van der Waals surface area contributed by atoms with Crippen LogP contribution in [0.3, 0.4) is 0 Å². The van der Waals surface area contributed by atoms with Gasteiger partial charge in [-0.3, -0.25) is 13.9 Å². The summed E-state index contributed by atoms with van der Waals surface area (Å²) in [5.41, 5.74) is 3.12. The van der Waals surface area contributed by atoms with Crippen molar-refractivity contribution in [3.05, 3.63) is 94.5 Å². The molecule has 0 saturated heterocycles. The largest absolute Gasteiger partial charge is 0.352 e. The van der Waals surface area contributed by atoms with Crippen molar-refractivity contribution >= 4 is 39.1 Å². The molecule has 0 saturated carbocycles. The van der Waals surface area contributed by atoms with Crippen molar-refractivity contribution in [2.75, 3.05) is 10.8 Å². The van der Waals surface area contributed by atoms with Crippen LogP contribution in [-0.4, -0.2) is 43.8 Å². The third-order valence-electron chi connectivity index (χ3n) is 6.20. The number of anilines is 1. The Balaban J connectivity index is 2.03. The van der Waals surface area contributed by atoms with E-state index in [1.165, 1.54) is 29.2 Å². The standard InChI is InChI=1S/C29H34ClN3O4S/c1-20(2)31-29(35)23(5)32(18-24-9-7-6-8-22(24)4)28(34)19-33(26-14-10-21(3)11-15-26)38(36,37)27-16-12-25(30)13-17-27/h6-17,20,23H,18-19H2,1-5H3,(H,31,35)/t23-/m0/s1. The monoisotopic (exact) mass is 555 g/mol. The summed E-state index contributed by atoms with van der Waals surface area (Å²) < 4.78 is 28.6. The highest BCUT2D eigenvalue weighted by molar-refractivity contribution is 7.92. The summed E-state index contributed by atoms with van der Waals surface area (Å²) in [6.45, 7) is 8.83. The topological polar surface area (TPSA) is 86.8 Å². The lowest BCUT2D eigenvalue weighted by Gasteiger charge is -2.32. The molecular formula is C29H34ClN3O4S. The number of carbonyl (C=O) groups excluding carboxylic acids is 2. The van der Waals surface area contributed by atoms with Gasteiger partial charge in [-0.2, -0.15) is 0 Å². The minimum Gasteiger partial charge on any atom is -0.352 e. The molecule has 0 aromatic heterocycles. The number of amides is 2. The van der Waals surface area contributed by atoms with Crippen molar-refractivity contribution in [1.82, 2.24) is 10.2 Å². The van der Waals surface area contributed by atoms with Crippen LogP contribution < -0.4 is 9.62 Å². The van der Waals surface area contributed by atoms with E-state index in [4.69, 9.17) is 11.6 Å². The number of hydrogen-bond acceptors (Lipinski definition) is 4. The van der Waals surface area contributed by atoms with Crippen LogP contribution in [0.1, 0.15) is 37.5 Å². The number of sulfonamides is 1. The van der Waals surface area contributed by atoms with Crippen molar-refractivity contribution in [3.63, 3.8) is 0 Å². The lowest BCUT2D eigenvalue weighted by atomic mass is 10.1. The second-order valence-electron chi connectivity index (χ2n) is 9.59. The molecule has 0 aliphatic carbocycles. The Morgan fingerprint density at radius 1 is 0.895 bits per heavy atom. The average molecular weight is 556 g/mol. The highest BCUT2D eigenvalue weighted by atomic mass is 35.5. The molecular weight excluding hydrogens is 522 g/mol. The molecule has 202 valence electrons. The van der Waals surface area contributed by atoms with Crippen LogP contribution in [-0.2, 0) is 26.2 Å². The molecule has 0 spiro atoms. The number of aryl methyl sites for hydroxylation is 2. The summed E-state index contributed by atoms with van der Waals surface area (Å²) >= 11 is 5.98. The summed E-state index contributed by atoms with van der Waals surface area (Å²) in [5, 5.41) is 3.25. The highest BCUT2D eigenvalue weighted by Crippen LogP contribution is 2.26. The van der Waals surface area contributed by atoms with Gasteiger partial charge in [-0.1, -0.05) is 53.6 Å². The lowest BCUT2D eigenvalue weighted by Crippen LogP contribution is -2.52. The van der Waals surface area contributed by atoms with Gasteiger partial charge in [0.05, 0.1) is 10.6 Å². The molecule has 0 bridgehead atoms. The van der Waals surface area contributed by atoms with E-state index in [0.29, 0.717) is 10.7 Å². The van der Waals surface area contributed by atoms with Crippen LogP contribution in [0.15, 0.2) is 77.7 Å².